The van der Waals surface area contributed by atoms with E-state index in [1.54, 1.807) is 0 Å². The summed E-state index contributed by atoms with van der Waals surface area (Å²) in [6.07, 6.45) is 4.74. The summed E-state index contributed by atoms with van der Waals surface area (Å²) in [5.41, 5.74) is 10.2. The summed E-state index contributed by atoms with van der Waals surface area (Å²) in [5.74, 6) is 1.33. The van der Waals surface area contributed by atoms with Crippen LogP contribution in [0.15, 0.2) is 30.3 Å². The van der Waals surface area contributed by atoms with Crippen molar-refractivity contribution in [2.24, 2.45) is 5.41 Å². The molecule has 1 aromatic carbocycles. The summed E-state index contributed by atoms with van der Waals surface area (Å²) in [7, 11) is 0. The highest BCUT2D eigenvalue weighted by molar-refractivity contribution is 5.51. The molecule has 1 saturated carbocycles. The molecule has 0 radical (unpaired) electrons. The van der Waals surface area contributed by atoms with E-state index in [0.717, 1.165) is 17.9 Å². The number of nitrogens with two attached hydrogens (primary N) is 1. The molecule has 3 nitrogen and oxygen atoms in total. The van der Waals surface area contributed by atoms with Crippen molar-refractivity contribution in [2.75, 3.05) is 5.73 Å². The third-order valence-corrected chi connectivity index (χ3v) is 5.00. The number of benzene rings is 1. The number of nitrogens with zero attached hydrogens (tertiary/aromatic N) is 2. The van der Waals surface area contributed by atoms with Crippen LogP contribution in [0.5, 0.6) is 0 Å². The van der Waals surface area contributed by atoms with Gasteiger partial charge in [-0.3, -0.25) is 0 Å². The molecule has 0 bridgehead atoms. The molecule has 1 atom stereocenters. The quantitative estimate of drug-likeness (QED) is 0.912. The van der Waals surface area contributed by atoms with Gasteiger partial charge in [-0.15, -0.1) is 0 Å². The molecular formula is C18H25N3. The van der Waals surface area contributed by atoms with Crippen molar-refractivity contribution in [2.45, 2.75) is 52.4 Å². The van der Waals surface area contributed by atoms with Gasteiger partial charge in [0.1, 0.15) is 5.82 Å². The molecule has 21 heavy (non-hydrogen) atoms. The maximum atomic E-state index is 6.40. The van der Waals surface area contributed by atoms with Gasteiger partial charge in [0, 0.05) is 11.5 Å². The number of nitrogen functional groups attached to an aromatic ring is 1. The Kier molecular flexibility index (Phi) is 3.52. The second kappa shape index (κ2) is 5.21. The lowest BCUT2D eigenvalue weighted by atomic mass is 9.79. The zero-order chi connectivity index (χ0) is 15.0. The fourth-order valence-corrected chi connectivity index (χ4v) is 3.72. The molecule has 1 aliphatic rings. The van der Waals surface area contributed by atoms with Crippen molar-refractivity contribution in [3.05, 3.63) is 41.6 Å². The lowest BCUT2D eigenvalue weighted by Gasteiger charge is -2.26. The van der Waals surface area contributed by atoms with Crippen molar-refractivity contribution < 1.29 is 0 Å². The maximum absolute atomic E-state index is 6.40. The van der Waals surface area contributed by atoms with Gasteiger partial charge in [0.2, 0.25) is 0 Å². The normalized spacial score (nSPS) is 20.8. The highest BCUT2D eigenvalue weighted by atomic mass is 15.3. The summed E-state index contributed by atoms with van der Waals surface area (Å²) in [4.78, 5) is 0. The third-order valence-electron chi connectivity index (χ3n) is 5.00. The summed E-state index contributed by atoms with van der Waals surface area (Å²) < 4.78 is 1.92. The van der Waals surface area contributed by atoms with Gasteiger partial charge in [0.15, 0.2) is 0 Å². The molecule has 3 heteroatoms. The smallest absolute Gasteiger partial charge is 0.130 e. The van der Waals surface area contributed by atoms with E-state index in [-0.39, 0.29) is 0 Å². The average molecular weight is 283 g/mol. The first-order valence-electron chi connectivity index (χ1n) is 7.97. The minimum Gasteiger partial charge on any atom is -0.383 e. The van der Waals surface area contributed by atoms with Gasteiger partial charge in [-0.2, -0.15) is 5.10 Å². The predicted molar refractivity (Wildman–Crippen MR) is 87.7 cm³/mol. The fraction of sp³-hybridized carbons (Fsp3) is 0.500. The van der Waals surface area contributed by atoms with E-state index in [9.17, 15) is 0 Å². The van der Waals surface area contributed by atoms with Crippen LogP contribution in [0.4, 0.5) is 5.82 Å². The molecule has 2 aromatic rings. The van der Waals surface area contributed by atoms with E-state index >= 15 is 0 Å². The maximum Gasteiger partial charge on any atom is 0.130 e. The number of para-hydroxylation sites is 1. The Morgan fingerprint density at radius 3 is 2.57 bits per heavy atom. The standard InChI is InChI=1S/C18H25N3/c1-4-14-16(15-11-8-12-18(15,2)3)20-21(17(14)19)13-9-6-5-7-10-13/h5-7,9-10,15H,4,8,11-12,19H2,1-3H3. The minimum atomic E-state index is 0.326. The Hall–Kier alpha value is -1.77. The first-order valence-corrected chi connectivity index (χ1v) is 7.97. The Morgan fingerprint density at radius 2 is 2.00 bits per heavy atom. The molecule has 1 aliphatic carbocycles. The zero-order valence-electron chi connectivity index (χ0n) is 13.3. The van der Waals surface area contributed by atoms with E-state index in [0.29, 0.717) is 11.3 Å². The number of aromatic nitrogens is 2. The van der Waals surface area contributed by atoms with Crippen LogP contribution < -0.4 is 5.73 Å². The molecule has 1 fully saturated rings. The van der Waals surface area contributed by atoms with Crippen molar-refractivity contribution in [1.82, 2.24) is 9.78 Å². The molecule has 1 unspecified atom stereocenters. The number of anilines is 1. The Labute approximate surface area is 127 Å². The Bertz CT molecular complexity index is 625. The summed E-state index contributed by atoms with van der Waals surface area (Å²) in [6.45, 7) is 6.90. The van der Waals surface area contributed by atoms with Crippen LogP contribution in [0.1, 0.15) is 57.2 Å². The second-order valence-electron chi connectivity index (χ2n) is 6.78. The number of hydrogen-bond acceptors (Lipinski definition) is 2. The first kappa shape index (κ1) is 14.2. The van der Waals surface area contributed by atoms with E-state index in [2.05, 4.69) is 32.9 Å². The summed E-state index contributed by atoms with van der Waals surface area (Å²) in [5, 5.41) is 4.92. The van der Waals surface area contributed by atoms with Gasteiger partial charge < -0.3 is 5.73 Å². The molecule has 0 spiro atoms. The lowest BCUT2D eigenvalue weighted by molar-refractivity contribution is 0.325. The molecule has 3 rings (SSSR count). The topological polar surface area (TPSA) is 43.8 Å². The van der Waals surface area contributed by atoms with E-state index in [4.69, 9.17) is 10.8 Å². The number of rotatable bonds is 3. The van der Waals surface area contributed by atoms with Crippen LogP contribution in [0.2, 0.25) is 0 Å². The molecular weight excluding hydrogens is 258 g/mol. The Morgan fingerprint density at radius 1 is 1.29 bits per heavy atom. The highest BCUT2D eigenvalue weighted by Crippen LogP contribution is 2.49. The molecule has 1 aromatic heterocycles. The monoisotopic (exact) mass is 283 g/mol. The van der Waals surface area contributed by atoms with Crippen LogP contribution >= 0.6 is 0 Å². The summed E-state index contributed by atoms with van der Waals surface area (Å²) >= 11 is 0. The van der Waals surface area contributed by atoms with Crippen molar-refractivity contribution in [1.29, 1.82) is 0 Å². The predicted octanol–water partition coefficient (Wildman–Crippen LogP) is 4.31. The van der Waals surface area contributed by atoms with Gasteiger partial charge in [0.05, 0.1) is 11.4 Å². The van der Waals surface area contributed by atoms with E-state index < -0.39 is 0 Å². The van der Waals surface area contributed by atoms with Crippen LogP contribution in [-0.4, -0.2) is 9.78 Å². The highest BCUT2D eigenvalue weighted by Gasteiger charge is 2.38. The van der Waals surface area contributed by atoms with Gasteiger partial charge in [0.25, 0.3) is 0 Å². The average Bonchev–Trinajstić information content (AvgIpc) is 2.98. The molecule has 0 aliphatic heterocycles. The van der Waals surface area contributed by atoms with Gasteiger partial charge in [-0.05, 0) is 36.8 Å². The largest absolute Gasteiger partial charge is 0.383 e. The zero-order valence-corrected chi connectivity index (χ0v) is 13.3. The third kappa shape index (κ3) is 2.35. The van der Waals surface area contributed by atoms with Gasteiger partial charge >= 0.3 is 0 Å². The number of hydrogen-bond donors (Lipinski definition) is 1. The molecule has 2 N–H and O–H groups in total. The van der Waals surface area contributed by atoms with E-state index in [1.165, 1.54) is 30.5 Å². The second-order valence-corrected chi connectivity index (χ2v) is 6.78. The summed E-state index contributed by atoms with van der Waals surface area (Å²) in [6, 6.07) is 10.2. The molecule has 0 amide bonds. The molecule has 1 heterocycles. The van der Waals surface area contributed by atoms with Crippen LogP contribution in [0.3, 0.4) is 0 Å². The van der Waals surface area contributed by atoms with E-state index in [1.807, 2.05) is 22.9 Å². The first-order chi connectivity index (χ1) is 10.0. The molecule has 0 saturated heterocycles. The van der Waals surface area contributed by atoms with Crippen LogP contribution in [0, 0.1) is 5.41 Å². The van der Waals surface area contributed by atoms with Crippen molar-refractivity contribution in [3.63, 3.8) is 0 Å². The fourth-order valence-electron chi connectivity index (χ4n) is 3.72. The minimum absolute atomic E-state index is 0.326. The van der Waals surface area contributed by atoms with Crippen LogP contribution in [-0.2, 0) is 6.42 Å². The van der Waals surface area contributed by atoms with Gasteiger partial charge in [-0.1, -0.05) is 45.4 Å². The van der Waals surface area contributed by atoms with Crippen molar-refractivity contribution >= 4 is 5.82 Å². The molecule has 112 valence electrons. The van der Waals surface area contributed by atoms with Crippen LogP contribution in [0.25, 0.3) is 5.69 Å². The lowest BCUT2D eigenvalue weighted by Crippen LogP contribution is -2.17. The SMILES string of the molecule is CCc1c(C2CCCC2(C)C)nn(-c2ccccc2)c1N. The van der Waals surface area contributed by atoms with Crippen molar-refractivity contribution in [3.8, 4) is 5.69 Å². The Balaban J connectivity index is 2.10. The van der Waals surface area contributed by atoms with Gasteiger partial charge in [-0.25, -0.2) is 4.68 Å².